The first-order chi connectivity index (χ1) is 14.0. The second kappa shape index (κ2) is 8.66. The van der Waals surface area contributed by atoms with Gasteiger partial charge in [-0.05, 0) is 49.6 Å². The van der Waals surface area contributed by atoms with E-state index in [0.717, 1.165) is 54.2 Å². The number of rotatable bonds is 4. The number of carbonyl (C=O) groups is 1. The molecule has 1 atom stereocenters. The molecule has 0 bridgehead atoms. The van der Waals surface area contributed by atoms with Crippen LogP contribution in [-0.4, -0.2) is 92.5 Å². The molecule has 3 aliphatic heterocycles. The van der Waals surface area contributed by atoms with Crippen molar-refractivity contribution in [3.63, 3.8) is 0 Å². The topological polar surface area (TPSA) is 54.5 Å². The van der Waals surface area contributed by atoms with Gasteiger partial charge < -0.3 is 19.1 Å². The molecule has 0 aromatic heterocycles. The summed E-state index contributed by atoms with van der Waals surface area (Å²) in [5.41, 5.74) is 1.59. The third-order valence-corrected chi connectivity index (χ3v) is 6.96. The highest BCUT2D eigenvalue weighted by Gasteiger charge is 2.51. The van der Waals surface area contributed by atoms with Crippen LogP contribution in [0.25, 0.3) is 0 Å². The van der Waals surface area contributed by atoms with Gasteiger partial charge in [-0.15, -0.1) is 0 Å². The van der Waals surface area contributed by atoms with Gasteiger partial charge in [0, 0.05) is 44.8 Å². The zero-order valence-electron chi connectivity index (χ0n) is 17.5. The lowest BCUT2D eigenvalue weighted by Crippen LogP contribution is -2.70. The first-order valence-electron chi connectivity index (χ1n) is 10.4. The zero-order chi connectivity index (χ0) is 20.6. The van der Waals surface area contributed by atoms with Gasteiger partial charge in [-0.2, -0.15) is 0 Å². The van der Waals surface area contributed by atoms with Crippen LogP contribution in [0.1, 0.15) is 29.3 Å². The van der Waals surface area contributed by atoms with Crippen molar-refractivity contribution < 1.29 is 19.0 Å². The van der Waals surface area contributed by atoms with Crippen LogP contribution in [-0.2, 0) is 4.74 Å². The highest BCUT2D eigenvalue weighted by Crippen LogP contribution is 2.44. The normalized spacial score (nSPS) is 26.8. The summed E-state index contributed by atoms with van der Waals surface area (Å²) in [5.74, 6) is 0.878. The smallest absolute Gasteiger partial charge is 0.230 e. The maximum absolute atomic E-state index is 13.4. The Kier molecular flexibility index (Phi) is 6.36. The fourth-order valence-electron chi connectivity index (χ4n) is 4.53. The van der Waals surface area contributed by atoms with Gasteiger partial charge in [0.25, 0.3) is 0 Å². The third kappa shape index (κ3) is 3.89. The van der Waals surface area contributed by atoms with E-state index in [4.69, 9.17) is 14.2 Å². The van der Waals surface area contributed by atoms with Crippen LogP contribution in [0.3, 0.4) is 0 Å². The van der Waals surface area contributed by atoms with Crippen molar-refractivity contribution in [3.8, 4) is 11.5 Å². The highest BCUT2D eigenvalue weighted by atomic mass is 127. The number of likely N-dealkylation sites (N-methyl/N-ethyl adjacent to an activating group) is 1. The minimum absolute atomic E-state index is 0.140. The molecule has 160 valence electrons. The lowest BCUT2D eigenvalue weighted by Gasteiger charge is -2.54. The number of Topliss-reactive ketones (excluding diaryl/α,β-unsaturated/α-hetero) is 1. The number of piperazine rings is 1. The summed E-state index contributed by atoms with van der Waals surface area (Å²) in [5, 5.41) is 0. The van der Waals surface area contributed by atoms with E-state index in [9.17, 15) is 4.79 Å². The molecule has 7 nitrogen and oxygen atoms in total. The lowest BCUT2D eigenvalue weighted by atomic mass is 9.95. The molecule has 3 heterocycles. The van der Waals surface area contributed by atoms with Gasteiger partial charge >= 0.3 is 0 Å². The Morgan fingerprint density at radius 1 is 1.14 bits per heavy atom. The molecular formula is C21H30IN3O4. The maximum Gasteiger partial charge on any atom is 0.230 e. The van der Waals surface area contributed by atoms with E-state index >= 15 is 0 Å². The Bertz CT molecular complexity index is 776. The third-order valence-electron chi connectivity index (χ3n) is 6.16. The summed E-state index contributed by atoms with van der Waals surface area (Å²) < 4.78 is 19.3. The second-order valence-electron chi connectivity index (χ2n) is 7.96. The standard InChI is InChI=1S/C21H30IN3O4/c1-4-28-20-15(2)19-16(13-17(20)22)18(26)14-21(29-19,25-9-11-27-12-10-25)24-7-5-23(3)6-8-24/h13H,4-12,14H2,1-3H3. The highest BCUT2D eigenvalue weighted by molar-refractivity contribution is 14.1. The minimum atomic E-state index is -0.754. The number of halogens is 1. The Labute approximate surface area is 186 Å². The van der Waals surface area contributed by atoms with Crippen LogP contribution in [0.5, 0.6) is 11.5 Å². The van der Waals surface area contributed by atoms with E-state index in [1.807, 2.05) is 19.9 Å². The molecule has 0 saturated carbocycles. The van der Waals surface area contributed by atoms with Gasteiger partial charge in [-0.3, -0.25) is 4.79 Å². The number of hydrogen-bond acceptors (Lipinski definition) is 7. The molecule has 1 aromatic rings. The average Bonchev–Trinajstić information content (AvgIpc) is 2.73. The summed E-state index contributed by atoms with van der Waals surface area (Å²) in [7, 11) is 2.14. The monoisotopic (exact) mass is 515 g/mol. The molecule has 8 heteroatoms. The number of carbonyl (C=O) groups excluding carboxylic acids is 1. The van der Waals surface area contributed by atoms with Crippen molar-refractivity contribution in [3.05, 3.63) is 20.8 Å². The van der Waals surface area contributed by atoms with Gasteiger partial charge in [0.2, 0.25) is 5.85 Å². The molecule has 0 amide bonds. The van der Waals surface area contributed by atoms with E-state index in [1.165, 1.54) is 0 Å². The number of fused-ring (bicyclic) bond motifs is 1. The van der Waals surface area contributed by atoms with Crippen molar-refractivity contribution in [2.24, 2.45) is 0 Å². The van der Waals surface area contributed by atoms with Crippen molar-refractivity contribution in [1.29, 1.82) is 0 Å². The average molecular weight is 515 g/mol. The summed E-state index contributed by atoms with van der Waals surface area (Å²) in [6, 6.07) is 1.92. The van der Waals surface area contributed by atoms with E-state index in [2.05, 4.69) is 44.3 Å². The van der Waals surface area contributed by atoms with Crippen LogP contribution >= 0.6 is 22.6 Å². The quantitative estimate of drug-likeness (QED) is 0.571. The van der Waals surface area contributed by atoms with Crippen molar-refractivity contribution in [1.82, 2.24) is 14.7 Å². The molecule has 1 aromatic carbocycles. The van der Waals surface area contributed by atoms with Gasteiger partial charge in [0.05, 0.1) is 35.4 Å². The maximum atomic E-state index is 13.4. The van der Waals surface area contributed by atoms with Crippen molar-refractivity contribution in [2.45, 2.75) is 26.1 Å². The van der Waals surface area contributed by atoms with Crippen LogP contribution < -0.4 is 9.47 Å². The molecule has 3 aliphatic rings. The molecule has 0 aliphatic carbocycles. The Balaban J connectivity index is 1.78. The molecule has 1 unspecified atom stereocenters. The number of ether oxygens (including phenoxy) is 3. The summed E-state index contributed by atoms with van der Waals surface area (Å²) >= 11 is 2.25. The van der Waals surface area contributed by atoms with Gasteiger partial charge in [0.1, 0.15) is 11.5 Å². The molecule has 2 fully saturated rings. The summed E-state index contributed by atoms with van der Waals surface area (Å²) in [6.07, 6.45) is 0.340. The fourth-order valence-corrected chi connectivity index (χ4v) is 5.40. The van der Waals surface area contributed by atoms with Gasteiger partial charge in [0.15, 0.2) is 5.78 Å². The number of hydrogen-bond donors (Lipinski definition) is 0. The first-order valence-corrected chi connectivity index (χ1v) is 11.5. The minimum Gasteiger partial charge on any atom is -0.492 e. The van der Waals surface area contributed by atoms with E-state index in [0.29, 0.717) is 37.6 Å². The number of ketones is 1. The lowest BCUT2D eigenvalue weighted by molar-refractivity contribution is -0.221. The van der Waals surface area contributed by atoms with Crippen LogP contribution in [0, 0.1) is 10.5 Å². The largest absolute Gasteiger partial charge is 0.492 e. The van der Waals surface area contributed by atoms with Crippen LogP contribution in [0.4, 0.5) is 0 Å². The molecular weight excluding hydrogens is 485 g/mol. The second-order valence-corrected chi connectivity index (χ2v) is 9.12. The Morgan fingerprint density at radius 3 is 2.45 bits per heavy atom. The Hall–Kier alpha value is -0.940. The zero-order valence-corrected chi connectivity index (χ0v) is 19.7. The van der Waals surface area contributed by atoms with E-state index in [1.54, 1.807) is 0 Å². The van der Waals surface area contributed by atoms with Crippen molar-refractivity contribution in [2.75, 3.05) is 66.1 Å². The van der Waals surface area contributed by atoms with E-state index < -0.39 is 5.85 Å². The Morgan fingerprint density at radius 2 is 1.79 bits per heavy atom. The van der Waals surface area contributed by atoms with Crippen LogP contribution in [0.2, 0.25) is 0 Å². The first kappa shape index (κ1) is 21.3. The number of nitrogens with zero attached hydrogens (tertiary/aromatic N) is 3. The number of benzene rings is 1. The molecule has 29 heavy (non-hydrogen) atoms. The summed E-state index contributed by atoms with van der Waals surface area (Å²) in [4.78, 5) is 20.4. The van der Waals surface area contributed by atoms with Gasteiger partial charge in [-0.25, -0.2) is 9.80 Å². The van der Waals surface area contributed by atoms with Crippen molar-refractivity contribution >= 4 is 28.4 Å². The predicted molar refractivity (Wildman–Crippen MR) is 119 cm³/mol. The molecule has 0 spiro atoms. The molecule has 4 rings (SSSR count). The number of morpholine rings is 1. The molecule has 2 saturated heterocycles. The molecule has 0 N–H and O–H groups in total. The molecule has 0 radical (unpaired) electrons. The van der Waals surface area contributed by atoms with Gasteiger partial charge in [-0.1, -0.05) is 0 Å². The SMILES string of the molecule is CCOc1c(I)cc2c(c1C)OC(N1CCOCC1)(N1CCN(C)CC1)CC2=O. The van der Waals surface area contributed by atoms with Crippen LogP contribution in [0.15, 0.2) is 6.07 Å². The van der Waals surface area contributed by atoms with E-state index in [-0.39, 0.29) is 5.78 Å². The summed E-state index contributed by atoms with van der Waals surface area (Å²) in [6.45, 7) is 11.1. The fraction of sp³-hybridized carbons (Fsp3) is 0.667. The predicted octanol–water partition coefficient (Wildman–Crippen LogP) is 2.20.